The van der Waals surface area contributed by atoms with Crippen LogP contribution in [-0.4, -0.2) is 11.5 Å². The molecule has 118 valence electrons. The first-order chi connectivity index (χ1) is 9.90. The van der Waals surface area contributed by atoms with Gasteiger partial charge < -0.3 is 0 Å². The minimum absolute atomic E-state index is 0.284. The Morgan fingerprint density at radius 1 is 1.10 bits per heavy atom. The number of hydrogen-bond acceptors (Lipinski definition) is 2. The monoisotopic (exact) mass is 306 g/mol. The fourth-order valence-electron chi connectivity index (χ4n) is 2.57. The van der Waals surface area contributed by atoms with Gasteiger partial charge in [-0.15, -0.1) is 0 Å². The fourth-order valence-corrected chi connectivity index (χ4v) is 3.57. The molecule has 0 bridgehead atoms. The zero-order valence-corrected chi connectivity index (χ0v) is 15.0. The van der Waals surface area contributed by atoms with Crippen LogP contribution in [0.5, 0.6) is 0 Å². The lowest BCUT2D eigenvalue weighted by atomic mass is 9.82. The average molecular weight is 307 g/mol. The number of carbonyl (C=O) groups excluding carboxylic acids is 1. The molecule has 21 heavy (non-hydrogen) atoms. The van der Waals surface area contributed by atoms with Crippen LogP contribution >= 0.6 is 11.8 Å². The van der Waals surface area contributed by atoms with Crippen LogP contribution in [0.15, 0.2) is 24.3 Å². The minimum atomic E-state index is 0.284. The van der Waals surface area contributed by atoms with Crippen molar-refractivity contribution in [3.05, 3.63) is 35.4 Å². The topological polar surface area (TPSA) is 17.1 Å². The molecule has 0 saturated carbocycles. The van der Waals surface area contributed by atoms with Crippen LogP contribution < -0.4 is 0 Å². The van der Waals surface area contributed by atoms with Gasteiger partial charge in [0.2, 0.25) is 0 Å². The highest BCUT2D eigenvalue weighted by atomic mass is 32.2. The number of benzene rings is 1. The molecular formula is C19H30OS. The van der Waals surface area contributed by atoms with Crippen LogP contribution in [0.4, 0.5) is 0 Å². The molecule has 1 aromatic rings. The summed E-state index contributed by atoms with van der Waals surface area (Å²) >= 11 is 1.85. The van der Waals surface area contributed by atoms with E-state index in [4.69, 9.17) is 0 Å². The lowest BCUT2D eigenvalue weighted by Gasteiger charge is -2.23. The Bertz CT molecular complexity index is 420. The summed E-state index contributed by atoms with van der Waals surface area (Å²) in [6.07, 6.45) is 1.94. The molecule has 0 aliphatic heterocycles. The van der Waals surface area contributed by atoms with Crippen LogP contribution in [0.1, 0.15) is 64.5 Å². The molecule has 0 N–H and O–H groups in total. The summed E-state index contributed by atoms with van der Waals surface area (Å²) in [6.45, 7) is 10.9. The smallest absolute Gasteiger partial charge is 0.130 e. The highest BCUT2D eigenvalue weighted by molar-refractivity contribution is 7.98. The van der Waals surface area contributed by atoms with E-state index in [0.29, 0.717) is 18.3 Å². The zero-order chi connectivity index (χ0) is 15.8. The maximum atomic E-state index is 10.9. The van der Waals surface area contributed by atoms with E-state index in [-0.39, 0.29) is 5.78 Å². The van der Waals surface area contributed by atoms with Gasteiger partial charge in [0, 0.05) is 17.9 Å². The fraction of sp³-hybridized carbons (Fsp3) is 0.632. The number of Topliss-reactive ketones (excluding diaryl/α,β-unsaturated/α-hetero) is 1. The summed E-state index contributed by atoms with van der Waals surface area (Å²) in [5.74, 6) is 4.29. The summed E-state index contributed by atoms with van der Waals surface area (Å²) in [7, 11) is 0. The Morgan fingerprint density at radius 3 is 2.19 bits per heavy atom. The second kappa shape index (κ2) is 9.30. The van der Waals surface area contributed by atoms with Crippen LogP contribution in [0, 0.1) is 11.8 Å². The lowest BCUT2D eigenvalue weighted by Crippen LogP contribution is -2.09. The largest absolute Gasteiger partial charge is 0.300 e. The molecule has 1 aromatic carbocycles. The van der Waals surface area contributed by atoms with E-state index in [1.807, 2.05) is 11.8 Å². The minimum Gasteiger partial charge on any atom is -0.300 e. The molecule has 0 amide bonds. The Labute approximate surface area is 134 Å². The van der Waals surface area contributed by atoms with Gasteiger partial charge in [-0.1, -0.05) is 52.0 Å². The van der Waals surface area contributed by atoms with Gasteiger partial charge in [-0.3, -0.25) is 4.79 Å². The second-order valence-electron chi connectivity index (χ2n) is 6.73. The average Bonchev–Trinajstić information content (AvgIpc) is 2.41. The van der Waals surface area contributed by atoms with Crippen molar-refractivity contribution < 1.29 is 4.79 Å². The van der Waals surface area contributed by atoms with Gasteiger partial charge in [0.25, 0.3) is 0 Å². The SMILES string of the molecule is CC(=O)CCSCc1ccc(C(CC(C)C)C(C)C)cc1. The van der Waals surface area contributed by atoms with Crippen LogP contribution in [0.2, 0.25) is 0 Å². The molecule has 0 radical (unpaired) electrons. The van der Waals surface area contributed by atoms with E-state index >= 15 is 0 Å². The van der Waals surface area contributed by atoms with E-state index in [2.05, 4.69) is 52.0 Å². The predicted molar refractivity (Wildman–Crippen MR) is 94.9 cm³/mol. The molecule has 0 aromatic heterocycles. The van der Waals surface area contributed by atoms with Crippen molar-refractivity contribution >= 4 is 17.5 Å². The summed E-state index contributed by atoms with van der Waals surface area (Å²) in [6, 6.07) is 9.11. The van der Waals surface area contributed by atoms with Gasteiger partial charge in [0.05, 0.1) is 0 Å². The van der Waals surface area contributed by atoms with Gasteiger partial charge in [-0.05, 0) is 42.2 Å². The Balaban J connectivity index is 2.57. The third kappa shape index (κ3) is 7.17. The maximum Gasteiger partial charge on any atom is 0.130 e. The number of rotatable bonds is 9. The van der Waals surface area contributed by atoms with Gasteiger partial charge in [0.15, 0.2) is 0 Å². The van der Waals surface area contributed by atoms with Gasteiger partial charge >= 0.3 is 0 Å². The highest BCUT2D eigenvalue weighted by Gasteiger charge is 2.17. The molecule has 0 spiro atoms. The first-order valence-electron chi connectivity index (χ1n) is 8.06. The van der Waals surface area contributed by atoms with Crippen LogP contribution in [0.25, 0.3) is 0 Å². The molecule has 0 aliphatic carbocycles. The summed E-state index contributed by atoms with van der Waals surface area (Å²) in [5, 5.41) is 0. The normalized spacial score (nSPS) is 12.9. The van der Waals surface area contributed by atoms with Crippen molar-refractivity contribution in [3.8, 4) is 0 Å². The van der Waals surface area contributed by atoms with Gasteiger partial charge in [-0.2, -0.15) is 11.8 Å². The highest BCUT2D eigenvalue weighted by Crippen LogP contribution is 2.31. The molecule has 2 heteroatoms. The summed E-state index contributed by atoms with van der Waals surface area (Å²) < 4.78 is 0. The third-order valence-electron chi connectivity index (χ3n) is 3.81. The molecule has 0 saturated heterocycles. The molecule has 1 nitrogen and oxygen atoms in total. The summed E-state index contributed by atoms with van der Waals surface area (Å²) in [5.41, 5.74) is 2.83. The lowest BCUT2D eigenvalue weighted by molar-refractivity contribution is -0.116. The third-order valence-corrected chi connectivity index (χ3v) is 4.84. The first kappa shape index (κ1) is 18.3. The van der Waals surface area contributed by atoms with E-state index in [1.165, 1.54) is 17.5 Å². The molecule has 1 atom stereocenters. The van der Waals surface area contributed by atoms with Crippen LogP contribution in [-0.2, 0) is 10.5 Å². The van der Waals surface area contributed by atoms with Gasteiger partial charge in [-0.25, -0.2) is 0 Å². The molecule has 0 heterocycles. The molecule has 0 fully saturated rings. The van der Waals surface area contributed by atoms with Crippen molar-refractivity contribution in [1.29, 1.82) is 0 Å². The number of thioether (sulfide) groups is 1. The zero-order valence-electron chi connectivity index (χ0n) is 14.2. The Hall–Kier alpha value is -0.760. The van der Waals surface area contributed by atoms with E-state index in [9.17, 15) is 4.79 Å². The molecule has 1 rings (SSSR count). The van der Waals surface area contributed by atoms with E-state index in [1.54, 1.807) is 6.92 Å². The second-order valence-corrected chi connectivity index (χ2v) is 7.83. The van der Waals surface area contributed by atoms with Crippen molar-refractivity contribution in [2.45, 2.75) is 59.1 Å². The Morgan fingerprint density at radius 2 is 1.71 bits per heavy atom. The molecular weight excluding hydrogens is 276 g/mol. The quantitative estimate of drug-likeness (QED) is 0.546. The number of ketones is 1. The van der Waals surface area contributed by atoms with Crippen molar-refractivity contribution in [2.24, 2.45) is 11.8 Å². The number of hydrogen-bond donors (Lipinski definition) is 0. The first-order valence-corrected chi connectivity index (χ1v) is 9.21. The number of carbonyl (C=O) groups is 1. The maximum absolute atomic E-state index is 10.9. The van der Waals surface area contributed by atoms with E-state index in [0.717, 1.165) is 17.4 Å². The van der Waals surface area contributed by atoms with Crippen molar-refractivity contribution in [1.82, 2.24) is 0 Å². The van der Waals surface area contributed by atoms with Crippen LogP contribution in [0.3, 0.4) is 0 Å². The summed E-state index contributed by atoms with van der Waals surface area (Å²) in [4.78, 5) is 10.9. The standard InChI is InChI=1S/C19H30OS/c1-14(2)12-19(15(3)4)18-8-6-17(7-9-18)13-21-11-10-16(5)20/h6-9,14-15,19H,10-13H2,1-5H3. The predicted octanol–water partition coefficient (Wildman–Crippen LogP) is 5.68. The van der Waals surface area contributed by atoms with E-state index < -0.39 is 0 Å². The molecule has 0 aliphatic rings. The van der Waals surface area contributed by atoms with Crippen molar-refractivity contribution in [3.63, 3.8) is 0 Å². The van der Waals surface area contributed by atoms with Gasteiger partial charge in [0.1, 0.15) is 5.78 Å². The molecule has 1 unspecified atom stereocenters. The Kier molecular flexibility index (Phi) is 8.10. The van der Waals surface area contributed by atoms with Crippen molar-refractivity contribution in [2.75, 3.05) is 5.75 Å².